The number of halogens is 2. The van der Waals surface area contributed by atoms with Gasteiger partial charge in [0, 0.05) is 30.2 Å². The van der Waals surface area contributed by atoms with E-state index >= 15 is 0 Å². The van der Waals surface area contributed by atoms with Gasteiger partial charge >= 0.3 is 0 Å². The van der Waals surface area contributed by atoms with E-state index in [1.165, 1.54) is 0 Å². The first-order valence-electron chi connectivity index (χ1n) is 7.20. The highest BCUT2D eigenvalue weighted by atomic mass is 35.5. The zero-order chi connectivity index (χ0) is 14.7. The Balaban J connectivity index is 0.00000132. The van der Waals surface area contributed by atoms with Crippen molar-refractivity contribution in [3.63, 3.8) is 0 Å². The second-order valence-corrected chi connectivity index (χ2v) is 5.42. The molecule has 0 aliphatic carbocycles. The Labute approximate surface area is 147 Å². The van der Waals surface area contributed by atoms with E-state index in [9.17, 15) is 4.79 Å². The molecule has 0 bridgehead atoms. The van der Waals surface area contributed by atoms with Crippen molar-refractivity contribution in [2.75, 3.05) is 13.1 Å². The van der Waals surface area contributed by atoms with Crippen molar-refractivity contribution in [1.82, 2.24) is 25.2 Å². The average Bonchev–Trinajstić information content (AvgIpc) is 3.04. The van der Waals surface area contributed by atoms with Gasteiger partial charge in [-0.15, -0.1) is 24.8 Å². The van der Waals surface area contributed by atoms with E-state index in [1.807, 2.05) is 0 Å². The summed E-state index contributed by atoms with van der Waals surface area (Å²) in [5, 5.41) is 6.46. The normalized spacial score (nSPS) is 20.0. The SMILES string of the molecule is CC1CNCCC1NC(=O)c1ccnc(-n2ccnc2)c1.Cl.Cl. The smallest absolute Gasteiger partial charge is 0.251 e. The van der Waals surface area contributed by atoms with Crippen LogP contribution in [0.4, 0.5) is 0 Å². The number of hydrogen-bond donors (Lipinski definition) is 2. The fourth-order valence-electron chi connectivity index (χ4n) is 2.58. The van der Waals surface area contributed by atoms with Crippen LogP contribution in [0.5, 0.6) is 0 Å². The van der Waals surface area contributed by atoms with Gasteiger partial charge in [0.15, 0.2) is 0 Å². The molecule has 1 amide bonds. The molecule has 3 rings (SSSR count). The average molecular weight is 358 g/mol. The molecule has 0 saturated carbocycles. The van der Waals surface area contributed by atoms with E-state index in [1.54, 1.807) is 41.6 Å². The molecule has 0 radical (unpaired) electrons. The van der Waals surface area contributed by atoms with Gasteiger partial charge in [0.2, 0.25) is 0 Å². The van der Waals surface area contributed by atoms with Crippen LogP contribution in [0.2, 0.25) is 0 Å². The number of hydrogen-bond acceptors (Lipinski definition) is 4. The molecular weight excluding hydrogens is 337 g/mol. The molecule has 2 aromatic heterocycles. The van der Waals surface area contributed by atoms with Crippen molar-refractivity contribution in [2.45, 2.75) is 19.4 Å². The second-order valence-electron chi connectivity index (χ2n) is 5.42. The van der Waals surface area contributed by atoms with Crippen molar-refractivity contribution in [3.05, 3.63) is 42.6 Å². The Bertz CT molecular complexity index is 620. The van der Waals surface area contributed by atoms with Crippen molar-refractivity contribution < 1.29 is 4.79 Å². The van der Waals surface area contributed by atoms with E-state index in [2.05, 4.69) is 27.5 Å². The first-order valence-corrected chi connectivity index (χ1v) is 7.20. The maximum atomic E-state index is 12.4. The molecule has 1 fully saturated rings. The highest BCUT2D eigenvalue weighted by molar-refractivity contribution is 5.94. The Morgan fingerprint density at radius 1 is 1.39 bits per heavy atom. The summed E-state index contributed by atoms with van der Waals surface area (Å²) in [5.74, 6) is 1.09. The number of aromatic nitrogens is 3. The minimum atomic E-state index is -0.0440. The van der Waals surface area contributed by atoms with Gasteiger partial charge in [-0.3, -0.25) is 9.36 Å². The van der Waals surface area contributed by atoms with Crippen molar-refractivity contribution in [1.29, 1.82) is 0 Å². The highest BCUT2D eigenvalue weighted by Crippen LogP contribution is 2.12. The van der Waals surface area contributed by atoms with Crippen LogP contribution in [-0.4, -0.2) is 39.6 Å². The lowest BCUT2D eigenvalue weighted by Crippen LogP contribution is -2.48. The molecule has 2 N–H and O–H groups in total. The zero-order valence-corrected chi connectivity index (χ0v) is 14.4. The summed E-state index contributed by atoms with van der Waals surface area (Å²) in [6, 6.07) is 3.74. The molecule has 2 aromatic rings. The molecule has 1 saturated heterocycles. The van der Waals surface area contributed by atoms with Gasteiger partial charge in [-0.05, 0) is 37.6 Å². The van der Waals surface area contributed by atoms with Gasteiger partial charge in [0.25, 0.3) is 5.91 Å². The van der Waals surface area contributed by atoms with Gasteiger partial charge in [-0.1, -0.05) is 6.92 Å². The minimum absolute atomic E-state index is 0. The monoisotopic (exact) mass is 357 g/mol. The number of carbonyl (C=O) groups excluding carboxylic acids is 1. The predicted molar refractivity (Wildman–Crippen MR) is 93.8 cm³/mol. The second kappa shape index (κ2) is 8.86. The Hall–Kier alpha value is -1.63. The summed E-state index contributed by atoms with van der Waals surface area (Å²) < 4.78 is 1.78. The molecule has 0 spiro atoms. The summed E-state index contributed by atoms with van der Waals surface area (Å²) in [6.45, 7) is 4.05. The number of pyridine rings is 1. The fraction of sp³-hybridized carbons (Fsp3) is 0.400. The Morgan fingerprint density at radius 2 is 2.22 bits per heavy atom. The van der Waals surface area contributed by atoms with Crippen LogP contribution in [0.1, 0.15) is 23.7 Å². The Kier molecular flexibility index (Phi) is 7.48. The molecule has 2 unspecified atom stereocenters. The number of amides is 1. The quantitative estimate of drug-likeness (QED) is 0.878. The molecular formula is C15H21Cl2N5O. The molecule has 1 aliphatic rings. The first kappa shape index (κ1) is 19.4. The van der Waals surface area contributed by atoms with Crippen LogP contribution in [-0.2, 0) is 0 Å². The maximum absolute atomic E-state index is 12.4. The number of carbonyl (C=O) groups is 1. The van der Waals surface area contributed by atoms with Gasteiger partial charge in [0.05, 0.1) is 0 Å². The van der Waals surface area contributed by atoms with Crippen LogP contribution < -0.4 is 10.6 Å². The third-order valence-corrected chi connectivity index (χ3v) is 3.88. The predicted octanol–water partition coefficient (Wildman–Crippen LogP) is 1.84. The number of nitrogens with zero attached hydrogens (tertiary/aromatic N) is 3. The Morgan fingerprint density at radius 3 is 2.91 bits per heavy atom. The van der Waals surface area contributed by atoms with Crippen molar-refractivity contribution in [3.8, 4) is 5.82 Å². The number of imidazole rings is 1. The molecule has 23 heavy (non-hydrogen) atoms. The molecule has 126 valence electrons. The lowest BCUT2D eigenvalue weighted by molar-refractivity contribution is 0.0914. The van der Waals surface area contributed by atoms with E-state index < -0.39 is 0 Å². The third kappa shape index (κ3) is 4.67. The van der Waals surface area contributed by atoms with Crippen molar-refractivity contribution >= 4 is 30.7 Å². The van der Waals surface area contributed by atoms with Crippen LogP contribution in [0.25, 0.3) is 5.82 Å². The summed E-state index contributed by atoms with van der Waals surface area (Å²) in [6.07, 6.45) is 7.77. The van der Waals surface area contributed by atoms with Gasteiger partial charge in [-0.2, -0.15) is 0 Å². The van der Waals surface area contributed by atoms with Crippen LogP contribution in [0.15, 0.2) is 37.1 Å². The summed E-state index contributed by atoms with van der Waals surface area (Å²) in [4.78, 5) is 20.6. The molecule has 3 heterocycles. The summed E-state index contributed by atoms with van der Waals surface area (Å²) in [5.41, 5.74) is 0.624. The molecule has 0 aromatic carbocycles. The molecule has 6 nitrogen and oxygen atoms in total. The molecule has 2 atom stereocenters. The summed E-state index contributed by atoms with van der Waals surface area (Å²) in [7, 11) is 0. The number of piperidine rings is 1. The standard InChI is InChI=1S/C15H19N5O.2ClH/c1-11-9-16-4-3-13(11)19-15(21)12-2-5-18-14(8-12)20-7-6-17-10-20;;/h2,5-8,10-11,13,16H,3-4,9H2,1H3,(H,19,21);2*1H. The van der Waals surface area contributed by atoms with Crippen LogP contribution >= 0.6 is 24.8 Å². The van der Waals surface area contributed by atoms with E-state index in [0.717, 1.165) is 19.5 Å². The third-order valence-electron chi connectivity index (χ3n) is 3.88. The zero-order valence-electron chi connectivity index (χ0n) is 12.8. The summed E-state index contributed by atoms with van der Waals surface area (Å²) >= 11 is 0. The maximum Gasteiger partial charge on any atom is 0.251 e. The number of nitrogens with one attached hydrogen (secondary N) is 2. The van der Waals surface area contributed by atoms with Crippen LogP contribution in [0.3, 0.4) is 0 Å². The van der Waals surface area contributed by atoms with Gasteiger partial charge in [0.1, 0.15) is 12.1 Å². The number of rotatable bonds is 3. The molecule has 8 heteroatoms. The first-order chi connectivity index (χ1) is 10.2. The lowest BCUT2D eigenvalue weighted by atomic mass is 9.95. The fourth-order valence-corrected chi connectivity index (χ4v) is 2.58. The van der Waals surface area contributed by atoms with Gasteiger partial charge in [-0.25, -0.2) is 9.97 Å². The highest BCUT2D eigenvalue weighted by Gasteiger charge is 2.23. The van der Waals surface area contributed by atoms with E-state index in [-0.39, 0.29) is 36.8 Å². The van der Waals surface area contributed by atoms with E-state index in [4.69, 9.17) is 0 Å². The van der Waals surface area contributed by atoms with Gasteiger partial charge < -0.3 is 10.6 Å². The largest absolute Gasteiger partial charge is 0.349 e. The lowest BCUT2D eigenvalue weighted by Gasteiger charge is -2.30. The topological polar surface area (TPSA) is 71.8 Å². The van der Waals surface area contributed by atoms with Crippen LogP contribution in [0, 0.1) is 5.92 Å². The van der Waals surface area contributed by atoms with Crippen molar-refractivity contribution in [2.24, 2.45) is 5.92 Å². The van der Waals surface area contributed by atoms with E-state index in [0.29, 0.717) is 17.3 Å². The minimum Gasteiger partial charge on any atom is -0.349 e. The molecule has 1 aliphatic heterocycles.